The predicted molar refractivity (Wildman–Crippen MR) is 74.6 cm³/mol. The van der Waals surface area contributed by atoms with Crippen LogP contribution in [0.15, 0.2) is 18.3 Å². The minimum atomic E-state index is -0.465. The highest BCUT2D eigenvalue weighted by atomic mass is 16.6. The Bertz CT molecular complexity index is 398. The maximum Gasteiger partial charge on any atom is 0.407 e. The van der Waals surface area contributed by atoms with Gasteiger partial charge in [0.1, 0.15) is 11.4 Å². The fraction of sp³-hybridized carbons (Fsp3) is 0.538. The van der Waals surface area contributed by atoms with Crippen molar-refractivity contribution in [1.82, 2.24) is 15.6 Å². The maximum absolute atomic E-state index is 11.3. The van der Waals surface area contributed by atoms with Crippen molar-refractivity contribution in [3.63, 3.8) is 0 Å². The second-order valence-electron chi connectivity index (χ2n) is 5.20. The number of pyridine rings is 1. The molecule has 6 heteroatoms. The van der Waals surface area contributed by atoms with E-state index in [-0.39, 0.29) is 0 Å². The number of carbonyl (C=O) groups is 1. The number of rotatable bonds is 5. The van der Waals surface area contributed by atoms with Crippen LogP contribution in [-0.2, 0) is 11.3 Å². The molecule has 0 saturated carbocycles. The van der Waals surface area contributed by atoms with Gasteiger partial charge in [-0.3, -0.25) is 0 Å². The molecular formula is C13H22N4O2. The highest BCUT2D eigenvalue weighted by Gasteiger charge is 2.15. The number of anilines is 1. The minimum Gasteiger partial charge on any atom is -0.444 e. The molecule has 0 radical (unpaired) electrons. The molecule has 1 aromatic heterocycles. The van der Waals surface area contributed by atoms with E-state index in [0.717, 1.165) is 5.56 Å². The van der Waals surface area contributed by atoms with E-state index in [4.69, 9.17) is 10.5 Å². The van der Waals surface area contributed by atoms with Gasteiger partial charge in [0.15, 0.2) is 0 Å². The van der Waals surface area contributed by atoms with Gasteiger partial charge >= 0.3 is 6.09 Å². The Kier molecular flexibility index (Phi) is 5.57. The van der Waals surface area contributed by atoms with Crippen LogP contribution in [0.25, 0.3) is 0 Å². The molecule has 6 nitrogen and oxygen atoms in total. The fourth-order valence-electron chi connectivity index (χ4n) is 1.34. The van der Waals surface area contributed by atoms with Gasteiger partial charge in [0, 0.05) is 25.8 Å². The molecule has 1 amide bonds. The molecule has 0 saturated heterocycles. The first kappa shape index (κ1) is 15.2. The number of amides is 1. The molecule has 1 heterocycles. The average Bonchev–Trinajstić information content (AvgIpc) is 2.29. The molecule has 0 aliphatic heterocycles. The fourth-order valence-corrected chi connectivity index (χ4v) is 1.34. The zero-order chi connectivity index (χ0) is 14.3. The molecule has 19 heavy (non-hydrogen) atoms. The summed E-state index contributed by atoms with van der Waals surface area (Å²) in [4.78, 5) is 15.3. The van der Waals surface area contributed by atoms with Crippen LogP contribution in [0.5, 0.6) is 0 Å². The van der Waals surface area contributed by atoms with Crippen LogP contribution in [0, 0.1) is 0 Å². The van der Waals surface area contributed by atoms with Crippen LogP contribution >= 0.6 is 0 Å². The topological polar surface area (TPSA) is 89.3 Å². The van der Waals surface area contributed by atoms with Crippen molar-refractivity contribution in [2.75, 3.05) is 18.8 Å². The molecule has 0 spiro atoms. The smallest absolute Gasteiger partial charge is 0.407 e. The Balaban J connectivity index is 2.11. The Morgan fingerprint density at radius 1 is 1.37 bits per heavy atom. The largest absolute Gasteiger partial charge is 0.444 e. The molecule has 0 aliphatic carbocycles. The van der Waals surface area contributed by atoms with Gasteiger partial charge < -0.3 is 21.1 Å². The maximum atomic E-state index is 11.3. The summed E-state index contributed by atoms with van der Waals surface area (Å²) in [5.74, 6) is 0.510. The molecule has 0 aliphatic rings. The number of aromatic nitrogens is 1. The Morgan fingerprint density at radius 3 is 2.68 bits per heavy atom. The monoisotopic (exact) mass is 266 g/mol. The lowest BCUT2D eigenvalue weighted by molar-refractivity contribution is 0.0528. The molecule has 1 rings (SSSR count). The molecule has 0 bridgehead atoms. The Labute approximate surface area is 113 Å². The van der Waals surface area contributed by atoms with E-state index in [1.54, 1.807) is 12.3 Å². The Hall–Kier alpha value is -1.82. The van der Waals surface area contributed by atoms with Crippen molar-refractivity contribution >= 4 is 11.9 Å². The zero-order valence-corrected chi connectivity index (χ0v) is 11.7. The van der Waals surface area contributed by atoms with Crippen molar-refractivity contribution in [1.29, 1.82) is 0 Å². The SMILES string of the molecule is CC(C)(C)OC(=O)NCCNCc1ccc(N)nc1. The number of nitrogens with one attached hydrogen (secondary N) is 2. The van der Waals surface area contributed by atoms with Crippen LogP contribution < -0.4 is 16.4 Å². The average molecular weight is 266 g/mol. The minimum absolute atomic E-state index is 0.400. The lowest BCUT2D eigenvalue weighted by atomic mass is 10.2. The van der Waals surface area contributed by atoms with Gasteiger partial charge in [-0.2, -0.15) is 0 Å². The van der Waals surface area contributed by atoms with Crippen LogP contribution in [0.2, 0.25) is 0 Å². The standard InChI is InChI=1S/C13H22N4O2/c1-13(2,3)19-12(18)16-7-6-15-8-10-4-5-11(14)17-9-10/h4-5,9,15H,6-8H2,1-3H3,(H2,14,17)(H,16,18). The van der Waals surface area contributed by atoms with Crippen LogP contribution in [-0.4, -0.2) is 29.8 Å². The summed E-state index contributed by atoms with van der Waals surface area (Å²) in [6, 6.07) is 3.67. The van der Waals surface area contributed by atoms with Crippen molar-refractivity contribution in [3.05, 3.63) is 23.9 Å². The van der Waals surface area contributed by atoms with E-state index in [9.17, 15) is 4.79 Å². The van der Waals surface area contributed by atoms with E-state index in [0.29, 0.717) is 25.5 Å². The van der Waals surface area contributed by atoms with Crippen molar-refractivity contribution in [2.24, 2.45) is 0 Å². The Morgan fingerprint density at radius 2 is 2.11 bits per heavy atom. The van der Waals surface area contributed by atoms with Gasteiger partial charge in [0.05, 0.1) is 0 Å². The van der Waals surface area contributed by atoms with Gasteiger partial charge in [-0.05, 0) is 32.4 Å². The first-order valence-corrected chi connectivity index (χ1v) is 6.25. The molecule has 0 atom stereocenters. The zero-order valence-electron chi connectivity index (χ0n) is 11.7. The normalized spacial score (nSPS) is 11.1. The quantitative estimate of drug-likeness (QED) is 0.699. The second-order valence-corrected chi connectivity index (χ2v) is 5.20. The number of hydrogen-bond acceptors (Lipinski definition) is 5. The van der Waals surface area contributed by atoms with Gasteiger partial charge in [-0.15, -0.1) is 0 Å². The van der Waals surface area contributed by atoms with E-state index in [1.165, 1.54) is 0 Å². The number of alkyl carbamates (subject to hydrolysis) is 1. The summed E-state index contributed by atoms with van der Waals surface area (Å²) in [6.45, 7) is 7.35. The molecule has 4 N–H and O–H groups in total. The summed E-state index contributed by atoms with van der Waals surface area (Å²) in [7, 11) is 0. The lowest BCUT2D eigenvalue weighted by Gasteiger charge is -2.19. The highest BCUT2D eigenvalue weighted by molar-refractivity contribution is 5.67. The highest BCUT2D eigenvalue weighted by Crippen LogP contribution is 2.06. The number of ether oxygens (including phenoxy) is 1. The van der Waals surface area contributed by atoms with Crippen LogP contribution in [0.3, 0.4) is 0 Å². The number of nitrogens with zero attached hydrogens (tertiary/aromatic N) is 1. The molecule has 106 valence electrons. The third-order valence-electron chi connectivity index (χ3n) is 2.15. The lowest BCUT2D eigenvalue weighted by Crippen LogP contribution is -2.36. The van der Waals surface area contributed by atoms with Gasteiger partial charge in [0.25, 0.3) is 0 Å². The van der Waals surface area contributed by atoms with Gasteiger partial charge in [0.2, 0.25) is 0 Å². The number of carbonyl (C=O) groups excluding carboxylic acids is 1. The molecule has 0 fully saturated rings. The first-order chi connectivity index (χ1) is 8.87. The van der Waals surface area contributed by atoms with Crippen molar-refractivity contribution in [2.45, 2.75) is 32.9 Å². The predicted octanol–water partition coefficient (Wildman–Crippen LogP) is 1.28. The first-order valence-electron chi connectivity index (χ1n) is 6.25. The van der Waals surface area contributed by atoms with Gasteiger partial charge in [-0.25, -0.2) is 9.78 Å². The van der Waals surface area contributed by atoms with Crippen LogP contribution in [0.1, 0.15) is 26.3 Å². The van der Waals surface area contributed by atoms with E-state index < -0.39 is 11.7 Å². The second kappa shape index (κ2) is 6.94. The third-order valence-corrected chi connectivity index (χ3v) is 2.15. The van der Waals surface area contributed by atoms with Crippen molar-refractivity contribution < 1.29 is 9.53 Å². The summed E-state index contributed by atoms with van der Waals surface area (Å²) in [5.41, 5.74) is 6.08. The summed E-state index contributed by atoms with van der Waals surface area (Å²) in [6.07, 6.45) is 1.33. The van der Waals surface area contributed by atoms with E-state index in [1.807, 2.05) is 26.8 Å². The van der Waals surface area contributed by atoms with Crippen molar-refractivity contribution in [3.8, 4) is 0 Å². The van der Waals surface area contributed by atoms with Crippen LogP contribution in [0.4, 0.5) is 10.6 Å². The molecule has 1 aromatic rings. The number of nitrogen functional groups attached to an aromatic ring is 1. The van der Waals surface area contributed by atoms with Gasteiger partial charge in [-0.1, -0.05) is 6.07 Å². The van der Waals surface area contributed by atoms with E-state index >= 15 is 0 Å². The summed E-state index contributed by atoms with van der Waals surface area (Å²) in [5, 5.41) is 5.86. The molecule has 0 unspecified atom stereocenters. The summed E-state index contributed by atoms with van der Waals surface area (Å²) >= 11 is 0. The third kappa shape index (κ3) is 7.25. The number of nitrogens with two attached hydrogens (primary N) is 1. The summed E-state index contributed by atoms with van der Waals surface area (Å²) < 4.78 is 5.11. The molecule has 0 aromatic carbocycles. The number of hydrogen-bond donors (Lipinski definition) is 3. The van der Waals surface area contributed by atoms with E-state index in [2.05, 4.69) is 15.6 Å². The molecular weight excluding hydrogens is 244 g/mol.